The van der Waals surface area contributed by atoms with Crippen molar-refractivity contribution >= 4 is 0 Å². The lowest BCUT2D eigenvalue weighted by Gasteiger charge is -2.42. The smallest absolute Gasteiger partial charge is 0.0376 e. The van der Waals surface area contributed by atoms with Gasteiger partial charge in [0.25, 0.3) is 0 Å². The lowest BCUT2D eigenvalue weighted by Crippen LogP contribution is -2.41. The van der Waals surface area contributed by atoms with E-state index < -0.39 is 0 Å². The van der Waals surface area contributed by atoms with Gasteiger partial charge in [-0.15, -0.1) is 0 Å². The molecular formula is C16H25N. The van der Waals surface area contributed by atoms with Gasteiger partial charge in [-0.3, -0.25) is 0 Å². The average molecular weight is 231 g/mol. The summed E-state index contributed by atoms with van der Waals surface area (Å²) in [5.41, 5.74) is 3.41. The van der Waals surface area contributed by atoms with E-state index in [2.05, 4.69) is 57.3 Å². The Kier molecular flexibility index (Phi) is 3.58. The van der Waals surface area contributed by atoms with Gasteiger partial charge < -0.3 is 5.32 Å². The van der Waals surface area contributed by atoms with Crippen molar-refractivity contribution in [1.82, 2.24) is 5.32 Å². The Balaban J connectivity index is 2.32. The summed E-state index contributed by atoms with van der Waals surface area (Å²) in [6, 6.07) is 10.0. The zero-order chi connectivity index (χ0) is 12.5. The fraction of sp³-hybridized carbons (Fsp3) is 0.625. The van der Waals surface area contributed by atoms with Crippen LogP contribution >= 0.6 is 0 Å². The molecule has 0 bridgehead atoms. The van der Waals surface area contributed by atoms with Crippen LogP contribution in [0.1, 0.15) is 57.7 Å². The van der Waals surface area contributed by atoms with E-state index in [1.54, 1.807) is 0 Å². The van der Waals surface area contributed by atoms with Crippen LogP contribution in [0.4, 0.5) is 0 Å². The Hall–Kier alpha value is -0.820. The predicted octanol–water partition coefficient (Wildman–Crippen LogP) is 4.09. The van der Waals surface area contributed by atoms with E-state index in [1.807, 2.05) is 0 Å². The van der Waals surface area contributed by atoms with Gasteiger partial charge in [-0.25, -0.2) is 0 Å². The van der Waals surface area contributed by atoms with E-state index in [0.29, 0.717) is 17.5 Å². The monoisotopic (exact) mass is 231 g/mol. The topological polar surface area (TPSA) is 12.0 Å². The van der Waals surface area contributed by atoms with Crippen molar-refractivity contribution in [3.8, 4) is 0 Å². The molecule has 2 rings (SSSR count). The minimum Gasteiger partial charge on any atom is -0.307 e. The van der Waals surface area contributed by atoms with Gasteiger partial charge in [0.2, 0.25) is 0 Å². The summed E-state index contributed by atoms with van der Waals surface area (Å²) in [6.45, 7) is 9.32. The second kappa shape index (κ2) is 4.81. The molecule has 0 amide bonds. The third-order valence-corrected chi connectivity index (χ3v) is 4.25. The van der Waals surface area contributed by atoms with E-state index in [1.165, 1.54) is 30.4 Å². The van der Waals surface area contributed by atoms with Crippen molar-refractivity contribution in [2.75, 3.05) is 0 Å². The van der Waals surface area contributed by atoms with Crippen LogP contribution in [0.15, 0.2) is 24.3 Å². The molecule has 0 radical (unpaired) electrons. The highest BCUT2D eigenvalue weighted by molar-refractivity contribution is 5.34. The molecule has 0 saturated heterocycles. The SMILES string of the molecule is CCC(C)NC1c2ccccc2CCC1(C)C. The van der Waals surface area contributed by atoms with Crippen LogP contribution in [0.5, 0.6) is 0 Å². The molecule has 1 aromatic carbocycles. The third kappa shape index (κ3) is 2.55. The maximum absolute atomic E-state index is 3.81. The number of hydrogen-bond donors (Lipinski definition) is 1. The molecule has 0 heterocycles. The van der Waals surface area contributed by atoms with E-state index in [9.17, 15) is 0 Å². The molecule has 94 valence electrons. The largest absolute Gasteiger partial charge is 0.307 e. The highest BCUT2D eigenvalue weighted by Gasteiger charge is 2.35. The van der Waals surface area contributed by atoms with Crippen molar-refractivity contribution < 1.29 is 0 Å². The Labute approximate surface area is 106 Å². The molecule has 1 heteroatoms. The number of benzene rings is 1. The molecule has 0 aromatic heterocycles. The summed E-state index contributed by atoms with van der Waals surface area (Å²) >= 11 is 0. The summed E-state index contributed by atoms with van der Waals surface area (Å²) < 4.78 is 0. The Bertz CT molecular complexity index is 381. The Morgan fingerprint density at radius 2 is 2.06 bits per heavy atom. The van der Waals surface area contributed by atoms with Gasteiger partial charge in [-0.05, 0) is 42.7 Å². The van der Waals surface area contributed by atoms with Crippen LogP contribution in [-0.4, -0.2) is 6.04 Å². The molecule has 1 aliphatic carbocycles. The molecule has 1 N–H and O–H groups in total. The average Bonchev–Trinajstić information content (AvgIpc) is 2.32. The van der Waals surface area contributed by atoms with Gasteiger partial charge >= 0.3 is 0 Å². The van der Waals surface area contributed by atoms with Crippen LogP contribution < -0.4 is 5.32 Å². The van der Waals surface area contributed by atoms with Gasteiger partial charge in [-0.2, -0.15) is 0 Å². The lowest BCUT2D eigenvalue weighted by atomic mass is 9.70. The molecular weight excluding hydrogens is 206 g/mol. The van der Waals surface area contributed by atoms with E-state index in [0.717, 1.165) is 0 Å². The zero-order valence-corrected chi connectivity index (χ0v) is 11.6. The van der Waals surface area contributed by atoms with Crippen LogP contribution in [0.2, 0.25) is 0 Å². The van der Waals surface area contributed by atoms with Crippen LogP contribution in [-0.2, 0) is 6.42 Å². The number of rotatable bonds is 3. The fourth-order valence-corrected chi connectivity index (χ4v) is 2.78. The van der Waals surface area contributed by atoms with Crippen molar-refractivity contribution in [2.24, 2.45) is 5.41 Å². The fourth-order valence-electron chi connectivity index (χ4n) is 2.78. The summed E-state index contributed by atoms with van der Waals surface area (Å²) in [7, 11) is 0. The van der Waals surface area contributed by atoms with E-state index >= 15 is 0 Å². The maximum Gasteiger partial charge on any atom is 0.0376 e. The molecule has 0 saturated carbocycles. The van der Waals surface area contributed by atoms with Crippen LogP contribution in [0.3, 0.4) is 0 Å². The molecule has 0 aliphatic heterocycles. The Morgan fingerprint density at radius 3 is 2.76 bits per heavy atom. The molecule has 2 atom stereocenters. The second-order valence-corrected chi connectivity index (χ2v) is 6.10. The first-order chi connectivity index (χ1) is 8.04. The molecule has 0 spiro atoms. The molecule has 1 aromatic rings. The minimum absolute atomic E-state index is 0.359. The van der Waals surface area contributed by atoms with Gasteiger partial charge in [0, 0.05) is 12.1 Å². The van der Waals surface area contributed by atoms with Crippen molar-refractivity contribution in [1.29, 1.82) is 0 Å². The van der Waals surface area contributed by atoms with Crippen molar-refractivity contribution in [3.05, 3.63) is 35.4 Å². The van der Waals surface area contributed by atoms with E-state index in [4.69, 9.17) is 0 Å². The minimum atomic E-state index is 0.359. The quantitative estimate of drug-likeness (QED) is 0.826. The zero-order valence-electron chi connectivity index (χ0n) is 11.6. The van der Waals surface area contributed by atoms with Gasteiger partial charge in [0.15, 0.2) is 0 Å². The van der Waals surface area contributed by atoms with Crippen molar-refractivity contribution in [3.63, 3.8) is 0 Å². The molecule has 1 aliphatic rings. The van der Waals surface area contributed by atoms with Gasteiger partial charge in [-0.1, -0.05) is 45.0 Å². The van der Waals surface area contributed by atoms with Crippen LogP contribution in [0, 0.1) is 5.41 Å². The molecule has 2 unspecified atom stereocenters. The number of aryl methyl sites for hydroxylation is 1. The highest BCUT2D eigenvalue weighted by Crippen LogP contribution is 2.43. The third-order valence-electron chi connectivity index (χ3n) is 4.25. The number of fused-ring (bicyclic) bond motifs is 1. The van der Waals surface area contributed by atoms with E-state index in [-0.39, 0.29) is 0 Å². The summed E-state index contributed by atoms with van der Waals surface area (Å²) in [4.78, 5) is 0. The van der Waals surface area contributed by atoms with Gasteiger partial charge in [0.05, 0.1) is 0 Å². The molecule has 1 nitrogen and oxygen atoms in total. The second-order valence-electron chi connectivity index (χ2n) is 6.10. The van der Waals surface area contributed by atoms with Gasteiger partial charge in [0.1, 0.15) is 0 Å². The summed E-state index contributed by atoms with van der Waals surface area (Å²) in [5.74, 6) is 0. The first-order valence-electron chi connectivity index (χ1n) is 6.88. The normalized spacial score (nSPS) is 24.1. The standard InChI is InChI=1S/C16H25N/c1-5-12(2)17-15-14-9-7-6-8-13(14)10-11-16(15,3)4/h6-9,12,15,17H,5,10-11H2,1-4H3. The first kappa shape index (κ1) is 12.6. The lowest BCUT2D eigenvalue weighted by molar-refractivity contribution is 0.195. The van der Waals surface area contributed by atoms with Crippen LogP contribution in [0.25, 0.3) is 0 Å². The first-order valence-corrected chi connectivity index (χ1v) is 6.88. The molecule has 17 heavy (non-hydrogen) atoms. The summed E-state index contributed by atoms with van der Waals surface area (Å²) in [5, 5.41) is 3.81. The van der Waals surface area contributed by atoms with Crippen molar-refractivity contribution in [2.45, 2.75) is 59.0 Å². The number of nitrogens with one attached hydrogen (secondary N) is 1. The maximum atomic E-state index is 3.81. The number of hydrogen-bond acceptors (Lipinski definition) is 1. The highest BCUT2D eigenvalue weighted by atomic mass is 15.0. The molecule has 0 fully saturated rings. The summed E-state index contributed by atoms with van der Waals surface area (Å²) in [6.07, 6.45) is 3.69. The Morgan fingerprint density at radius 1 is 1.35 bits per heavy atom. The predicted molar refractivity (Wildman–Crippen MR) is 74.2 cm³/mol.